The predicted molar refractivity (Wildman–Crippen MR) is 130 cm³/mol. The van der Waals surface area contributed by atoms with Crippen molar-refractivity contribution in [1.82, 2.24) is 24.8 Å². The summed E-state index contributed by atoms with van der Waals surface area (Å²) in [5.74, 6) is -0.717. The third-order valence-electron chi connectivity index (χ3n) is 6.25. The maximum absolute atomic E-state index is 15.9. The molecule has 7 nitrogen and oxygen atoms in total. The van der Waals surface area contributed by atoms with Crippen molar-refractivity contribution >= 4 is 39.2 Å². The molecule has 0 saturated carbocycles. The number of nitrogens with zero attached hydrogens (tertiary/aromatic N) is 4. The number of hydrogen-bond acceptors (Lipinski definition) is 4. The second-order valence-electron chi connectivity index (χ2n) is 8.71. The zero-order valence-electron chi connectivity index (χ0n) is 19.2. The van der Waals surface area contributed by atoms with Crippen LogP contribution in [-0.2, 0) is 4.79 Å². The highest BCUT2D eigenvalue weighted by Crippen LogP contribution is 2.37. The van der Waals surface area contributed by atoms with Gasteiger partial charge in [-0.2, -0.15) is 0 Å². The van der Waals surface area contributed by atoms with Crippen LogP contribution in [0.25, 0.3) is 38.5 Å². The number of carbonyl (C=O) groups is 2. The van der Waals surface area contributed by atoms with Gasteiger partial charge in [0.25, 0.3) is 5.91 Å². The first kappa shape index (κ1) is 21.8. The Balaban J connectivity index is 1.75. The molecule has 0 unspecified atom stereocenters. The molecule has 5 rings (SSSR count). The molecule has 0 saturated heterocycles. The Morgan fingerprint density at radius 1 is 1.15 bits per heavy atom. The van der Waals surface area contributed by atoms with Crippen LogP contribution in [-0.4, -0.2) is 63.8 Å². The topological polar surface area (TPSA) is 82.2 Å². The molecule has 0 bridgehead atoms. The fraction of sp³-hybridized carbons (Fsp3) is 0.231. The highest BCUT2D eigenvalue weighted by atomic mass is 19.1. The Morgan fingerprint density at radius 2 is 1.97 bits per heavy atom. The largest absolute Gasteiger partial charge is 0.348 e. The van der Waals surface area contributed by atoms with Gasteiger partial charge in [-0.1, -0.05) is 18.2 Å². The molecule has 172 valence electrons. The molecule has 0 atom stereocenters. The summed E-state index contributed by atoms with van der Waals surface area (Å²) in [6.45, 7) is 2.48. The van der Waals surface area contributed by atoms with Gasteiger partial charge in [-0.25, -0.2) is 14.4 Å². The molecule has 1 aliphatic rings. The van der Waals surface area contributed by atoms with Crippen LogP contribution >= 0.6 is 0 Å². The van der Waals surface area contributed by atoms with E-state index >= 15 is 4.39 Å². The highest BCUT2D eigenvalue weighted by Gasteiger charge is 2.24. The first-order valence-electron chi connectivity index (χ1n) is 11.1. The molecule has 2 aromatic heterocycles. The number of fused-ring (bicyclic) bond motifs is 2. The van der Waals surface area contributed by atoms with Crippen molar-refractivity contribution in [3.8, 4) is 11.1 Å². The van der Waals surface area contributed by atoms with Crippen LogP contribution in [0.2, 0.25) is 0 Å². The fourth-order valence-corrected chi connectivity index (χ4v) is 4.44. The van der Waals surface area contributed by atoms with Crippen molar-refractivity contribution in [3.05, 3.63) is 66.0 Å². The van der Waals surface area contributed by atoms with E-state index in [0.717, 1.165) is 27.6 Å². The van der Waals surface area contributed by atoms with E-state index in [1.54, 1.807) is 31.3 Å². The van der Waals surface area contributed by atoms with Crippen LogP contribution in [0.5, 0.6) is 0 Å². The summed E-state index contributed by atoms with van der Waals surface area (Å²) in [4.78, 5) is 39.2. The van der Waals surface area contributed by atoms with Crippen LogP contribution in [0.4, 0.5) is 4.39 Å². The summed E-state index contributed by atoms with van der Waals surface area (Å²) >= 11 is 0. The van der Waals surface area contributed by atoms with Crippen LogP contribution in [0.3, 0.4) is 0 Å². The summed E-state index contributed by atoms with van der Waals surface area (Å²) in [7, 11) is 3.31. The number of benzene rings is 2. The molecule has 1 N–H and O–H groups in total. The lowest BCUT2D eigenvalue weighted by molar-refractivity contribution is -0.128. The smallest absolute Gasteiger partial charge is 0.269 e. The van der Waals surface area contributed by atoms with Gasteiger partial charge in [0.15, 0.2) is 5.82 Å². The lowest BCUT2D eigenvalue weighted by atomic mass is 9.93. The molecule has 0 aliphatic carbocycles. The molecule has 1 aliphatic heterocycles. The van der Waals surface area contributed by atoms with Crippen molar-refractivity contribution < 1.29 is 14.0 Å². The van der Waals surface area contributed by atoms with Crippen molar-refractivity contribution in [3.63, 3.8) is 0 Å². The lowest BCUT2D eigenvalue weighted by Gasteiger charge is -2.27. The maximum Gasteiger partial charge on any atom is 0.269 e. The third-order valence-corrected chi connectivity index (χ3v) is 6.25. The first-order chi connectivity index (χ1) is 16.3. The van der Waals surface area contributed by atoms with Gasteiger partial charge >= 0.3 is 0 Å². The van der Waals surface area contributed by atoms with Gasteiger partial charge in [-0.3, -0.25) is 9.59 Å². The number of hydrogen-bond donors (Lipinski definition) is 1. The number of amides is 2. The summed E-state index contributed by atoms with van der Waals surface area (Å²) < 4.78 is 15.9. The first-order valence-corrected chi connectivity index (χ1v) is 11.1. The van der Waals surface area contributed by atoms with Crippen LogP contribution < -0.4 is 0 Å². The number of halogens is 1. The van der Waals surface area contributed by atoms with Crippen molar-refractivity contribution in [2.45, 2.75) is 13.3 Å². The highest BCUT2D eigenvalue weighted by molar-refractivity contribution is 6.05. The Bertz CT molecular complexity index is 1490. The Hall–Kier alpha value is -4.07. The number of rotatable bonds is 3. The molecule has 4 aromatic rings. The monoisotopic (exact) mass is 457 g/mol. The van der Waals surface area contributed by atoms with Gasteiger partial charge in [0.1, 0.15) is 12.0 Å². The molecular formula is C26H24FN5O2. The molecule has 2 aromatic carbocycles. The van der Waals surface area contributed by atoms with E-state index in [0.29, 0.717) is 36.2 Å². The molecule has 0 spiro atoms. The van der Waals surface area contributed by atoms with E-state index in [4.69, 9.17) is 0 Å². The van der Waals surface area contributed by atoms with Gasteiger partial charge in [0.05, 0.1) is 11.0 Å². The number of aromatic nitrogens is 3. The summed E-state index contributed by atoms with van der Waals surface area (Å²) in [5.41, 5.74) is 4.14. The molecular weight excluding hydrogens is 433 g/mol. The molecule has 0 radical (unpaired) electrons. The van der Waals surface area contributed by atoms with Gasteiger partial charge in [-0.15, -0.1) is 0 Å². The van der Waals surface area contributed by atoms with Gasteiger partial charge < -0.3 is 14.8 Å². The zero-order valence-corrected chi connectivity index (χ0v) is 19.2. The summed E-state index contributed by atoms with van der Waals surface area (Å²) in [6.07, 6.45) is 5.87. The van der Waals surface area contributed by atoms with Gasteiger partial charge in [-0.05, 0) is 41.3 Å². The SMILES string of the molecule is CC(=O)N1CCC=C(c2cc(-c3ccc4cncnc4c3)c3cc(C(=O)N(C)C)[nH]c3c2F)C1. The molecule has 34 heavy (non-hydrogen) atoms. The standard InChI is InChI=1S/C26H24FN5O2/c1-15(33)32-8-4-5-18(13-32)20-10-19(16-6-7-17-12-28-14-29-22(17)9-16)21-11-23(26(34)31(2)3)30-25(21)24(20)27/h5-7,9-12,14,30H,4,8,13H2,1-3H3. The molecule has 3 heterocycles. The summed E-state index contributed by atoms with van der Waals surface area (Å²) in [5, 5.41) is 1.51. The minimum Gasteiger partial charge on any atom is -0.348 e. The van der Waals surface area contributed by atoms with Crippen LogP contribution in [0.15, 0.2) is 48.9 Å². The number of nitrogens with one attached hydrogen (secondary N) is 1. The zero-order chi connectivity index (χ0) is 24.0. The number of carbonyl (C=O) groups excluding carboxylic acids is 2. The molecule has 8 heteroatoms. The average Bonchev–Trinajstić information content (AvgIpc) is 3.29. The average molecular weight is 458 g/mol. The van der Waals surface area contributed by atoms with Crippen molar-refractivity contribution in [1.29, 1.82) is 0 Å². The maximum atomic E-state index is 15.9. The molecule has 0 fully saturated rings. The number of aromatic amines is 1. The van der Waals surface area contributed by atoms with E-state index in [1.807, 2.05) is 30.3 Å². The minimum absolute atomic E-state index is 0.0414. The van der Waals surface area contributed by atoms with E-state index in [9.17, 15) is 9.59 Å². The second-order valence-corrected chi connectivity index (χ2v) is 8.71. The van der Waals surface area contributed by atoms with Crippen molar-refractivity contribution in [2.75, 3.05) is 27.2 Å². The van der Waals surface area contributed by atoms with Crippen LogP contribution in [0.1, 0.15) is 29.4 Å². The minimum atomic E-state index is -0.434. The second kappa shape index (κ2) is 8.37. The fourth-order valence-electron chi connectivity index (χ4n) is 4.44. The quantitative estimate of drug-likeness (QED) is 0.499. The van der Waals surface area contributed by atoms with Gasteiger partial charge in [0, 0.05) is 56.6 Å². The Labute approximate surface area is 195 Å². The van der Waals surface area contributed by atoms with E-state index in [-0.39, 0.29) is 17.3 Å². The van der Waals surface area contributed by atoms with E-state index in [2.05, 4.69) is 15.0 Å². The Morgan fingerprint density at radius 3 is 2.74 bits per heavy atom. The predicted octanol–water partition coefficient (Wildman–Crippen LogP) is 4.25. The summed E-state index contributed by atoms with van der Waals surface area (Å²) in [6, 6.07) is 9.31. The lowest BCUT2D eigenvalue weighted by Crippen LogP contribution is -2.33. The third kappa shape index (κ3) is 3.71. The van der Waals surface area contributed by atoms with Gasteiger partial charge in [0.2, 0.25) is 5.91 Å². The molecule has 2 amide bonds. The van der Waals surface area contributed by atoms with E-state index < -0.39 is 5.82 Å². The van der Waals surface area contributed by atoms with E-state index in [1.165, 1.54) is 18.2 Å². The normalized spacial score (nSPS) is 13.9. The van der Waals surface area contributed by atoms with Crippen LogP contribution in [0, 0.1) is 5.82 Å². The van der Waals surface area contributed by atoms with Crippen molar-refractivity contribution in [2.24, 2.45) is 0 Å². The number of H-pyrrole nitrogens is 1. The Kier molecular flexibility index (Phi) is 5.36.